The standard InChI is InChI=1S/C14H26O2/c1-14(2)8-7-13(16-14)9-12(10-15)11-5-3-4-6-11/h11-13,15H,3-10H2,1-2H3. The number of aliphatic hydroxyl groups excluding tert-OH is 1. The van der Waals surface area contributed by atoms with Crippen molar-refractivity contribution in [3.63, 3.8) is 0 Å². The molecular formula is C14H26O2. The topological polar surface area (TPSA) is 29.5 Å². The third-order valence-corrected chi connectivity index (χ3v) is 4.42. The maximum Gasteiger partial charge on any atom is 0.0631 e. The molecule has 2 nitrogen and oxygen atoms in total. The molecule has 16 heavy (non-hydrogen) atoms. The molecule has 2 aliphatic rings. The Morgan fingerprint density at radius 3 is 2.44 bits per heavy atom. The van der Waals surface area contributed by atoms with E-state index < -0.39 is 0 Å². The first-order chi connectivity index (χ1) is 7.61. The second kappa shape index (κ2) is 5.05. The van der Waals surface area contributed by atoms with Gasteiger partial charge in [-0.25, -0.2) is 0 Å². The van der Waals surface area contributed by atoms with Crippen LogP contribution in [0.25, 0.3) is 0 Å². The number of hydrogen-bond donors (Lipinski definition) is 1. The first-order valence-corrected chi connectivity index (χ1v) is 6.89. The second-order valence-electron chi connectivity index (χ2n) is 6.26. The maximum absolute atomic E-state index is 9.52. The Kier molecular flexibility index (Phi) is 3.91. The molecule has 1 aliphatic carbocycles. The van der Waals surface area contributed by atoms with Gasteiger partial charge in [-0.3, -0.25) is 0 Å². The van der Waals surface area contributed by atoms with Crippen molar-refractivity contribution in [3.8, 4) is 0 Å². The van der Waals surface area contributed by atoms with Gasteiger partial charge in [0.15, 0.2) is 0 Å². The van der Waals surface area contributed by atoms with Gasteiger partial charge in [-0.1, -0.05) is 25.7 Å². The number of ether oxygens (including phenoxy) is 1. The van der Waals surface area contributed by atoms with Crippen molar-refractivity contribution in [2.24, 2.45) is 11.8 Å². The van der Waals surface area contributed by atoms with Gasteiger partial charge in [-0.05, 0) is 44.9 Å². The summed E-state index contributed by atoms with van der Waals surface area (Å²) < 4.78 is 6.03. The van der Waals surface area contributed by atoms with E-state index in [9.17, 15) is 5.11 Å². The fourth-order valence-electron chi connectivity index (χ4n) is 3.43. The summed E-state index contributed by atoms with van der Waals surface area (Å²) in [5.74, 6) is 1.25. The van der Waals surface area contributed by atoms with Gasteiger partial charge in [0, 0.05) is 6.61 Å². The molecule has 1 N–H and O–H groups in total. The van der Waals surface area contributed by atoms with Gasteiger partial charge >= 0.3 is 0 Å². The van der Waals surface area contributed by atoms with Gasteiger partial charge in [0.2, 0.25) is 0 Å². The van der Waals surface area contributed by atoms with Gasteiger partial charge in [-0.2, -0.15) is 0 Å². The average Bonchev–Trinajstić information content (AvgIpc) is 2.84. The summed E-state index contributed by atoms with van der Waals surface area (Å²) in [4.78, 5) is 0. The zero-order chi connectivity index (χ0) is 11.6. The second-order valence-corrected chi connectivity index (χ2v) is 6.26. The van der Waals surface area contributed by atoms with E-state index in [0.717, 1.165) is 12.3 Å². The summed E-state index contributed by atoms with van der Waals surface area (Å²) in [5, 5.41) is 9.52. The minimum absolute atomic E-state index is 0.0698. The fourth-order valence-corrected chi connectivity index (χ4v) is 3.43. The summed E-state index contributed by atoms with van der Waals surface area (Å²) in [6, 6.07) is 0. The van der Waals surface area contributed by atoms with E-state index in [-0.39, 0.29) is 5.60 Å². The largest absolute Gasteiger partial charge is 0.396 e. The van der Waals surface area contributed by atoms with Crippen LogP contribution in [0.4, 0.5) is 0 Å². The minimum Gasteiger partial charge on any atom is -0.396 e. The van der Waals surface area contributed by atoms with E-state index in [4.69, 9.17) is 4.74 Å². The Morgan fingerprint density at radius 2 is 1.94 bits per heavy atom. The van der Waals surface area contributed by atoms with Crippen molar-refractivity contribution >= 4 is 0 Å². The molecule has 2 atom stereocenters. The Labute approximate surface area is 99.4 Å². The summed E-state index contributed by atoms with van der Waals surface area (Å²) in [6.45, 7) is 4.71. The van der Waals surface area contributed by atoms with Crippen LogP contribution in [0.1, 0.15) is 58.8 Å². The molecule has 2 heteroatoms. The van der Waals surface area contributed by atoms with Gasteiger partial charge in [-0.15, -0.1) is 0 Å². The lowest BCUT2D eigenvalue weighted by Crippen LogP contribution is -2.25. The van der Waals surface area contributed by atoms with Crippen LogP contribution in [0.15, 0.2) is 0 Å². The molecule has 1 saturated heterocycles. The van der Waals surface area contributed by atoms with E-state index in [1.165, 1.54) is 38.5 Å². The zero-order valence-electron chi connectivity index (χ0n) is 10.7. The van der Waals surface area contributed by atoms with Gasteiger partial charge < -0.3 is 9.84 Å². The normalized spacial score (nSPS) is 32.1. The molecule has 1 heterocycles. The van der Waals surface area contributed by atoms with Crippen LogP contribution in [-0.4, -0.2) is 23.4 Å². The molecule has 0 aromatic heterocycles. The zero-order valence-corrected chi connectivity index (χ0v) is 10.7. The van der Waals surface area contributed by atoms with Gasteiger partial charge in [0.05, 0.1) is 11.7 Å². The molecule has 0 amide bonds. The highest BCUT2D eigenvalue weighted by molar-refractivity contribution is 4.84. The van der Waals surface area contributed by atoms with E-state index in [0.29, 0.717) is 18.6 Å². The molecular weight excluding hydrogens is 200 g/mol. The van der Waals surface area contributed by atoms with E-state index in [1.54, 1.807) is 0 Å². The van der Waals surface area contributed by atoms with Gasteiger partial charge in [0.1, 0.15) is 0 Å². The van der Waals surface area contributed by atoms with E-state index >= 15 is 0 Å². The molecule has 0 aromatic rings. The monoisotopic (exact) mass is 226 g/mol. The van der Waals surface area contributed by atoms with Crippen molar-refractivity contribution in [3.05, 3.63) is 0 Å². The summed E-state index contributed by atoms with van der Waals surface area (Å²) in [7, 11) is 0. The third-order valence-electron chi connectivity index (χ3n) is 4.42. The lowest BCUT2D eigenvalue weighted by Gasteiger charge is -2.26. The van der Waals surface area contributed by atoms with E-state index in [2.05, 4.69) is 13.8 Å². The van der Waals surface area contributed by atoms with Crippen LogP contribution in [-0.2, 0) is 4.74 Å². The van der Waals surface area contributed by atoms with Crippen molar-refractivity contribution < 1.29 is 9.84 Å². The molecule has 0 aromatic carbocycles. The minimum atomic E-state index is 0.0698. The highest BCUT2D eigenvalue weighted by Crippen LogP contribution is 2.38. The van der Waals surface area contributed by atoms with Crippen LogP contribution >= 0.6 is 0 Å². The molecule has 0 radical (unpaired) electrons. The van der Waals surface area contributed by atoms with Crippen LogP contribution in [0.5, 0.6) is 0 Å². The Balaban J connectivity index is 1.82. The first-order valence-electron chi connectivity index (χ1n) is 6.89. The molecule has 2 unspecified atom stereocenters. The van der Waals surface area contributed by atoms with Crippen molar-refractivity contribution in [2.75, 3.05) is 6.61 Å². The van der Waals surface area contributed by atoms with Crippen LogP contribution in [0, 0.1) is 11.8 Å². The number of aliphatic hydroxyl groups is 1. The van der Waals surface area contributed by atoms with E-state index in [1.807, 2.05) is 0 Å². The molecule has 0 spiro atoms. The third kappa shape index (κ3) is 2.98. The highest BCUT2D eigenvalue weighted by atomic mass is 16.5. The molecule has 94 valence electrons. The Hall–Kier alpha value is -0.0800. The average molecular weight is 226 g/mol. The van der Waals surface area contributed by atoms with Crippen molar-refractivity contribution in [2.45, 2.75) is 70.5 Å². The molecule has 0 bridgehead atoms. The summed E-state index contributed by atoms with van der Waals surface area (Å²) in [5.41, 5.74) is 0.0698. The fraction of sp³-hybridized carbons (Fsp3) is 1.00. The van der Waals surface area contributed by atoms with Crippen molar-refractivity contribution in [1.29, 1.82) is 0 Å². The summed E-state index contributed by atoms with van der Waals surface area (Å²) in [6.07, 6.45) is 9.17. The Morgan fingerprint density at radius 1 is 1.25 bits per heavy atom. The van der Waals surface area contributed by atoms with Crippen LogP contribution in [0.2, 0.25) is 0 Å². The van der Waals surface area contributed by atoms with Crippen LogP contribution in [0.3, 0.4) is 0 Å². The lowest BCUT2D eigenvalue weighted by molar-refractivity contribution is -0.0322. The summed E-state index contributed by atoms with van der Waals surface area (Å²) >= 11 is 0. The number of hydrogen-bond acceptors (Lipinski definition) is 2. The lowest BCUT2D eigenvalue weighted by atomic mass is 9.86. The smallest absolute Gasteiger partial charge is 0.0631 e. The number of rotatable bonds is 4. The molecule has 1 aliphatic heterocycles. The first kappa shape index (κ1) is 12.4. The molecule has 2 fully saturated rings. The maximum atomic E-state index is 9.52. The van der Waals surface area contributed by atoms with Crippen molar-refractivity contribution in [1.82, 2.24) is 0 Å². The SMILES string of the molecule is CC1(C)CCC(CC(CO)C2CCCC2)O1. The predicted molar refractivity (Wildman–Crippen MR) is 65.3 cm³/mol. The molecule has 2 rings (SSSR count). The Bertz CT molecular complexity index is 219. The quantitative estimate of drug-likeness (QED) is 0.798. The molecule has 1 saturated carbocycles. The van der Waals surface area contributed by atoms with Gasteiger partial charge in [0.25, 0.3) is 0 Å². The predicted octanol–water partition coefficient (Wildman–Crippen LogP) is 3.13. The van der Waals surface area contributed by atoms with Crippen LogP contribution < -0.4 is 0 Å². The highest BCUT2D eigenvalue weighted by Gasteiger charge is 2.35.